The molecule has 0 aromatic carbocycles. The summed E-state index contributed by atoms with van der Waals surface area (Å²) >= 11 is 0. The van der Waals surface area contributed by atoms with E-state index in [2.05, 4.69) is 10.2 Å². The van der Waals surface area contributed by atoms with Crippen molar-refractivity contribution in [3.8, 4) is 0 Å². The summed E-state index contributed by atoms with van der Waals surface area (Å²) in [5.41, 5.74) is 0. The second kappa shape index (κ2) is 6.38. The third kappa shape index (κ3) is 3.96. The quantitative estimate of drug-likeness (QED) is 0.807. The van der Waals surface area contributed by atoms with Gasteiger partial charge in [-0.05, 0) is 63.5 Å². The Balaban J connectivity index is 1.35. The van der Waals surface area contributed by atoms with E-state index in [0.29, 0.717) is 0 Å². The van der Waals surface area contributed by atoms with Crippen LogP contribution in [0.15, 0.2) is 0 Å². The predicted molar refractivity (Wildman–Crippen MR) is 76.8 cm³/mol. The van der Waals surface area contributed by atoms with Gasteiger partial charge in [-0.3, -0.25) is 0 Å². The summed E-state index contributed by atoms with van der Waals surface area (Å²) in [7, 11) is 0. The summed E-state index contributed by atoms with van der Waals surface area (Å²) in [5, 5.41) is 3.87. The summed E-state index contributed by atoms with van der Waals surface area (Å²) < 4.78 is 0. The zero-order valence-electron chi connectivity index (χ0n) is 11.9. The Labute approximate surface area is 113 Å². The first kappa shape index (κ1) is 12.9. The van der Waals surface area contributed by atoms with Crippen LogP contribution in [0.4, 0.5) is 0 Å². The fourth-order valence-electron chi connectivity index (χ4n) is 3.78. The molecule has 1 unspecified atom stereocenters. The molecule has 18 heavy (non-hydrogen) atoms. The number of piperidine rings is 1. The van der Waals surface area contributed by atoms with Crippen LogP contribution in [0.5, 0.6) is 0 Å². The third-order valence-corrected chi connectivity index (χ3v) is 5.14. The van der Waals surface area contributed by atoms with E-state index in [-0.39, 0.29) is 0 Å². The minimum atomic E-state index is 0.791. The molecule has 2 aliphatic carbocycles. The van der Waals surface area contributed by atoms with Gasteiger partial charge < -0.3 is 10.2 Å². The molecular formula is C16H30N2. The van der Waals surface area contributed by atoms with E-state index < -0.39 is 0 Å². The molecule has 0 radical (unpaired) electrons. The van der Waals surface area contributed by atoms with E-state index in [4.69, 9.17) is 0 Å². The first-order valence-corrected chi connectivity index (χ1v) is 8.36. The molecule has 1 saturated heterocycles. The van der Waals surface area contributed by atoms with Gasteiger partial charge in [-0.25, -0.2) is 0 Å². The Morgan fingerprint density at radius 3 is 2.44 bits per heavy atom. The maximum Gasteiger partial charge on any atom is 0.0195 e. The van der Waals surface area contributed by atoms with Gasteiger partial charge in [0.15, 0.2) is 0 Å². The van der Waals surface area contributed by atoms with Gasteiger partial charge >= 0.3 is 0 Å². The predicted octanol–water partition coefficient (Wildman–Crippen LogP) is 3.03. The Hall–Kier alpha value is -0.0800. The van der Waals surface area contributed by atoms with Gasteiger partial charge in [0.05, 0.1) is 0 Å². The highest BCUT2D eigenvalue weighted by atomic mass is 15.2. The summed E-state index contributed by atoms with van der Waals surface area (Å²) in [6.45, 7) is 5.37. The van der Waals surface area contributed by atoms with Crippen LogP contribution in [0.2, 0.25) is 0 Å². The van der Waals surface area contributed by atoms with E-state index in [0.717, 1.165) is 17.9 Å². The van der Waals surface area contributed by atoms with Gasteiger partial charge in [0.2, 0.25) is 0 Å². The second-order valence-corrected chi connectivity index (χ2v) is 6.95. The van der Waals surface area contributed by atoms with E-state index in [1.165, 1.54) is 84.0 Å². The number of nitrogens with one attached hydrogen (secondary N) is 1. The lowest BCUT2D eigenvalue weighted by atomic mass is 9.89. The van der Waals surface area contributed by atoms with Gasteiger partial charge in [0.1, 0.15) is 0 Å². The summed E-state index contributed by atoms with van der Waals surface area (Å²) in [4.78, 5) is 2.72. The lowest BCUT2D eigenvalue weighted by molar-refractivity contribution is 0.177. The highest BCUT2D eigenvalue weighted by molar-refractivity contribution is 4.84. The van der Waals surface area contributed by atoms with Crippen molar-refractivity contribution in [2.45, 2.75) is 63.8 Å². The van der Waals surface area contributed by atoms with Crippen molar-refractivity contribution in [1.82, 2.24) is 10.2 Å². The zero-order valence-corrected chi connectivity index (χ0v) is 11.9. The molecule has 2 heteroatoms. The minimum Gasteiger partial charge on any atom is -0.312 e. The van der Waals surface area contributed by atoms with E-state index in [1.54, 1.807) is 0 Å². The molecule has 1 N–H and O–H groups in total. The Morgan fingerprint density at radius 1 is 0.833 bits per heavy atom. The molecule has 0 amide bonds. The normalized spacial score (nSPS) is 31.7. The van der Waals surface area contributed by atoms with Crippen LogP contribution in [0.25, 0.3) is 0 Å². The summed E-state index contributed by atoms with van der Waals surface area (Å²) in [6, 6.07) is 0.791. The molecule has 0 aromatic heterocycles. The molecule has 104 valence electrons. The molecular weight excluding hydrogens is 220 g/mol. The molecule has 1 heterocycles. The monoisotopic (exact) mass is 250 g/mol. The molecule has 0 spiro atoms. The topological polar surface area (TPSA) is 15.3 Å². The molecule has 1 atom stereocenters. The Morgan fingerprint density at radius 2 is 1.67 bits per heavy atom. The van der Waals surface area contributed by atoms with Crippen molar-refractivity contribution in [1.29, 1.82) is 0 Å². The lowest BCUT2D eigenvalue weighted by Gasteiger charge is -2.34. The summed E-state index contributed by atoms with van der Waals surface area (Å²) in [6.07, 6.45) is 13.2. The van der Waals surface area contributed by atoms with Crippen molar-refractivity contribution in [3.05, 3.63) is 0 Å². The van der Waals surface area contributed by atoms with Crippen LogP contribution >= 0.6 is 0 Å². The van der Waals surface area contributed by atoms with Crippen LogP contribution in [0.1, 0.15) is 57.8 Å². The SMILES string of the molecule is C1CCC(CNC2CCCN(CC3CC3)C2)CC1. The van der Waals surface area contributed by atoms with Crippen molar-refractivity contribution >= 4 is 0 Å². The van der Waals surface area contributed by atoms with Crippen molar-refractivity contribution in [2.24, 2.45) is 11.8 Å². The number of hydrogen-bond acceptors (Lipinski definition) is 2. The van der Waals surface area contributed by atoms with E-state index in [1.807, 2.05) is 0 Å². The lowest BCUT2D eigenvalue weighted by Crippen LogP contribution is -2.47. The van der Waals surface area contributed by atoms with Crippen molar-refractivity contribution < 1.29 is 0 Å². The molecule has 3 rings (SSSR count). The average Bonchev–Trinajstić information content (AvgIpc) is 3.22. The van der Waals surface area contributed by atoms with Crippen LogP contribution in [0, 0.1) is 11.8 Å². The van der Waals surface area contributed by atoms with Gasteiger partial charge in [-0.1, -0.05) is 19.3 Å². The van der Waals surface area contributed by atoms with Crippen LogP contribution < -0.4 is 5.32 Å². The maximum absolute atomic E-state index is 3.87. The number of rotatable bonds is 5. The molecule has 2 saturated carbocycles. The fraction of sp³-hybridized carbons (Fsp3) is 1.00. The first-order valence-electron chi connectivity index (χ1n) is 8.36. The molecule has 3 aliphatic rings. The number of likely N-dealkylation sites (tertiary alicyclic amines) is 1. The van der Waals surface area contributed by atoms with Gasteiger partial charge in [0, 0.05) is 19.1 Å². The zero-order chi connectivity index (χ0) is 12.2. The van der Waals surface area contributed by atoms with Crippen LogP contribution in [-0.4, -0.2) is 37.1 Å². The Kier molecular flexibility index (Phi) is 4.58. The highest BCUT2D eigenvalue weighted by Gasteiger charge is 2.27. The Bertz CT molecular complexity index is 243. The number of hydrogen-bond donors (Lipinski definition) is 1. The standard InChI is InChI=1S/C16H30N2/c1-2-5-14(6-3-1)11-17-16-7-4-10-18(13-16)12-15-8-9-15/h14-17H,1-13H2. The third-order valence-electron chi connectivity index (χ3n) is 5.14. The molecule has 2 nitrogen and oxygen atoms in total. The van der Waals surface area contributed by atoms with Gasteiger partial charge in [0.25, 0.3) is 0 Å². The molecule has 0 bridgehead atoms. The molecule has 3 fully saturated rings. The molecule has 1 aliphatic heterocycles. The summed E-state index contributed by atoms with van der Waals surface area (Å²) in [5.74, 6) is 2.04. The van der Waals surface area contributed by atoms with Crippen LogP contribution in [-0.2, 0) is 0 Å². The highest BCUT2D eigenvalue weighted by Crippen LogP contribution is 2.30. The van der Waals surface area contributed by atoms with Gasteiger partial charge in [-0.15, -0.1) is 0 Å². The minimum absolute atomic E-state index is 0.791. The van der Waals surface area contributed by atoms with E-state index in [9.17, 15) is 0 Å². The van der Waals surface area contributed by atoms with Gasteiger partial charge in [-0.2, -0.15) is 0 Å². The van der Waals surface area contributed by atoms with Crippen molar-refractivity contribution in [3.63, 3.8) is 0 Å². The first-order chi connectivity index (χ1) is 8.90. The average molecular weight is 250 g/mol. The smallest absolute Gasteiger partial charge is 0.0195 e. The van der Waals surface area contributed by atoms with Crippen molar-refractivity contribution in [2.75, 3.05) is 26.2 Å². The largest absolute Gasteiger partial charge is 0.312 e. The van der Waals surface area contributed by atoms with Crippen LogP contribution in [0.3, 0.4) is 0 Å². The van der Waals surface area contributed by atoms with E-state index >= 15 is 0 Å². The second-order valence-electron chi connectivity index (χ2n) is 6.95. The molecule has 0 aromatic rings. The number of nitrogens with zero attached hydrogens (tertiary/aromatic N) is 1. The fourth-order valence-corrected chi connectivity index (χ4v) is 3.78. The maximum atomic E-state index is 3.87.